The van der Waals surface area contributed by atoms with Gasteiger partial charge in [0.1, 0.15) is 18.1 Å². The van der Waals surface area contributed by atoms with Gasteiger partial charge in [-0.1, -0.05) is 50.2 Å². The number of pyridine rings is 1. The molecular weight excluding hydrogens is 494 g/mol. The van der Waals surface area contributed by atoms with Crippen LogP contribution in [0.3, 0.4) is 0 Å². The van der Waals surface area contributed by atoms with Crippen LogP contribution >= 0.6 is 0 Å². The summed E-state index contributed by atoms with van der Waals surface area (Å²) in [5.74, 6) is 0.0457. The Morgan fingerprint density at radius 1 is 1.03 bits per heavy atom. The fourth-order valence-electron chi connectivity index (χ4n) is 6.60. The van der Waals surface area contributed by atoms with Gasteiger partial charge in [-0.3, -0.25) is 19.2 Å². The molecule has 202 valence electrons. The zero-order valence-corrected chi connectivity index (χ0v) is 22.3. The highest BCUT2D eigenvalue weighted by Crippen LogP contribution is 2.37. The Kier molecular flexibility index (Phi) is 6.28. The van der Waals surface area contributed by atoms with E-state index < -0.39 is 11.9 Å². The average molecular weight is 528 g/mol. The number of amides is 2. The molecule has 3 atom stereocenters. The van der Waals surface area contributed by atoms with E-state index in [0.717, 1.165) is 17.7 Å². The van der Waals surface area contributed by atoms with E-state index in [0.29, 0.717) is 50.2 Å². The molecule has 0 radical (unpaired) electrons. The standard InChI is InChI=1S/C31H33N3O5/c1-31(2)13-25(35)28-22(18-39-26(28)14-31)29(37)32-23(12-19-7-4-3-5-8-19)30(38)33-15-20-11-21(17-33)24-9-6-10-27(36)34(24)16-20/h3-10,18,20-21,23H,11-17H2,1-2H3,(H,32,37). The lowest BCUT2D eigenvalue weighted by molar-refractivity contribution is -0.136. The van der Waals surface area contributed by atoms with E-state index in [1.165, 1.54) is 6.26 Å². The smallest absolute Gasteiger partial charge is 0.255 e. The van der Waals surface area contributed by atoms with Crippen molar-refractivity contribution in [1.82, 2.24) is 14.8 Å². The van der Waals surface area contributed by atoms with E-state index in [-0.39, 0.29) is 40.1 Å². The molecule has 6 rings (SSSR count). The van der Waals surface area contributed by atoms with Crippen LogP contribution in [0.4, 0.5) is 0 Å². The van der Waals surface area contributed by atoms with Gasteiger partial charge in [-0.2, -0.15) is 0 Å². The van der Waals surface area contributed by atoms with Crippen molar-refractivity contribution in [2.24, 2.45) is 11.3 Å². The van der Waals surface area contributed by atoms with Gasteiger partial charge >= 0.3 is 0 Å². The Morgan fingerprint density at radius 2 is 1.82 bits per heavy atom. The third-order valence-corrected chi connectivity index (χ3v) is 8.35. The number of carbonyl (C=O) groups excluding carboxylic acids is 3. The molecule has 3 unspecified atom stereocenters. The molecule has 1 saturated heterocycles. The molecule has 2 aliphatic heterocycles. The number of fused-ring (bicyclic) bond motifs is 5. The van der Waals surface area contributed by atoms with E-state index in [9.17, 15) is 19.2 Å². The number of rotatable bonds is 5. The number of ketones is 1. The number of nitrogens with zero attached hydrogens (tertiary/aromatic N) is 2. The molecule has 8 heteroatoms. The lowest BCUT2D eigenvalue weighted by atomic mass is 9.76. The lowest BCUT2D eigenvalue weighted by Crippen LogP contribution is -2.55. The Labute approximate surface area is 227 Å². The van der Waals surface area contributed by atoms with E-state index in [1.54, 1.807) is 12.1 Å². The van der Waals surface area contributed by atoms with E-state index in [2.05, 4.69) is 5.32 Å². The van der Waals surface area contributed by atoms with Crippen LogP contribution in [0.5, 0.6) is 0 Å². The second-order valence-corrected chi connectivity index (χ2v) is 12.0. The Morgan fingerprint density at radius 3 is 2.62 bits per heavy atom. The van der Waals surface area contributed by atoms with Crippen LogP contribution in [0.1, 0.15) is 70.3 Å². The highest BCUT2D eigenvalue weighted by molar-refractivity contribution is 6.10. The zero-order valence-electron chi connectivity index (χ0n) is 22.3. The zero-order chi connectivity index (χ0) is 27.3. The average Bonchev–Trinajstić information content (AvgIpc) is 3.32. The van der Waals surface area contributed by atoms with Crippen LogP contribution in [0.2, 0.25) is 0 Å². The molecule has 39 heavy (non-hydrogen) atoms. The third-order valence-electron chi connectivity index (χ3n) is 8.35. The third kappa shape index (κ3) is 4.84. The van der Waals surface area contributed by atoms with Crippen molar-refractivity contribution in [3.05, 3.63) is 93.3 Å². The summed E-state index contributed by atoms with van der Waals surface area (Å²) >= 11 is 0. The fraction of sp³-hybridized carbons (Fsp3) is 0.419. The number of hydrogen-bond acceptors (Lipinski definition) is 5. The first-order chi connectivity index (χ1) is 18.7. The molecule has 0 saturated carbocycles. The maximum absolute atomic E-state index is 14.0. The van der Waals surface area contributed by atoms with Gasteiger partial charge in [-0.15, -0.1) is 0 Å². The van der Waals surface area contributed by atoms with Crippen molar-refractivity contribution in [2.45, 2.75) is 58.0 Å². The van der Waals surface area contributed by atoms with Crippen molar-refractivity contribution >= 4 is 17.6 Å². The number of nitrogens with one attached hydrogen (secondary N) is 1. The first-order valence-corrected chi connectivity index (χ1v) is 13.7. The number of carbonyl (C=O) groups is 3. The molecule has 0 spiro atoms. The quantitative estimate of drug-likeness (QED) is 0.547. The molecule has 3 aliphatic rings. The molecule has 1 fully saturated rings. The summed E-state index contributed by atoms with van der Waals surface area (Å²) in [6.07, 6.45) is 3.53. The van der Waals surface area contributed by atoms with Gasteiger partial charge in [0.05, 0.1) is 11.1 Å². The van der Waals surface area contributed by atoms with Crippen molar-refractivity contribution in [3.8, 4) is 0 Å². The molecule has 4 heterocycles. The molecule has 1 aromatic carbocycles. The van der Waals surface area contributed by atoms with E-state index in [4.69, 9.17) is 4.42 Å². The Balaban J connectivity index is 1.26. The number of benzene rings is 1. The summed E-state index contributed by atoms with van der Waals surface area (Å²) in [5.41, 5.74) is 2.20. The first kappa shape index (κ1) is 25.3. The Bertz CT molecular complexity index is 1500. The van der Waals surface area contributed by atoms with Crippen LogP contribution in [-0.4, -0.2) is 46.2 Å². The van der Waals surface area contributed by atoms with Crippen molar-refractivity contribution in [2.75, 3.05) is 13.1 Å². The van der Waals surface area contributed by atoms with Crippen molar-refractivity contribution in [3.63, 3.8) is 0 Å². The monoisotopic (exact) mass is 527 g/mol. The Hall–Kier alpha value is -3.94. The van der Waals surface area contributed by atoms with Crippen LogP contribution in [0.25, 0.3) is 0 Å². The highest BCUT2D eigenvalue weighted by atomic mass is 16.3. The summed E-state index contributed by atoms with van der Waals surface area (Å²) in [6.45, 7) is 5.63. The number of hydrogen-bond donors (Lipinski definition) is 1. The molecule has 1 aliphatic carbocycles. The molecule has 2 aromatic heterocycles. The van der Waals surface area contributed by atoms with Crippen LogP contribution in [0, 0.1) is 11.3 Å². The minimum atomic E-state index is -0.808. The summed E-state index contributed by atoms with van der Waals surface area (Å²) in [6, 6.07) is 14.1. The largest absolute Gasteiger partial charge is 0.468 e. The summed E-state index contributed by atoms with van der Waals surface area (Å²) < 4.78 is 7.52. The highest BCUT2D eigenvalue weighted by Gasteiger charge is 2.40. The number of furan rings is 1. The van der Waals surface area contributed by atoms with Crippen LogP contribution in [0.15, 0.2) is 64.0 Å². The number of aromatic nitrogens is 1. The molecule has 2 amide bonds. The van der Waals surface area contributed by atoms with Gasteiger partial charge in [-0.05, 0) is 29.4 Å². The summed E-state index contributed by atoms with van der Waals surface area (Å²) in [7, 11) is 0. The molecule has 1 N–H and O–H groups in total. The summed E-state index contributed by atoms with van der Waals surface area (Å²) in [4.78, 5) is 54.7. The van der Waals surface area contributed by atoms with Gasteiger partial charge in [0.15, 0.2) is 5.78 Å². The normalized spacial score (nSPS) is 22.0. The first-order valence-electron chi connectivity index (χ1n) is 13.7. The topological polar surface area (TPSA) is 102 Å². The van der Waals surface area contributed by atoms with Crippen LogP contribution in [-0.2, 0) is 24.2 Å². The fourth-order valence-corrected chi connectivity index (χ4v) is 6.60. The number of likely N-dealkylation sites (tertiary alicyclic amines) is 1. The van der Waals surface area contributed by atoms with Crippen molar-refractivity contribution in [1.29, 1.82) is 0 Å². The predicted octanol–water partition coefficient (Wildman–Crippen LogP) is 3.58. The molecule has 8 nitrogen and oxygen atoms in total. The number of piperidine rings is 1. The second-order valence-electron chi connectivity index (χ2n) is 12.0. The van der Waals surface area contributed by atoms with E-state index in [1.807, 2.05) is 59.7 Å². The van der Waals surface area contributed by atoms with Gasteiger partial charge in [0.2, 0.25) is 5.91 Å². The minimum Gasteiger partial charge on any atom is -0.468 e. The predicted molar refractivity (Wildman–Crippen MR) is 145 cm³/mol. The summed E-state index contributed by atoms with van der Waals surface area (Å²) in [5, 5.41) is 2.95. The van der Waals surface area contributed by atoms with Gasteiger partial charge in [0, 0.05) is 56.6 Å². The minimum absolute atomic E-state index is 0.00225. The molecule has 2 bridgehead atoms. The molecular formula is C31H33N3O5. The number of Topliss-reactive ketones (excluding diaryl/α,β-unsaturated/α-hetero) is 1. The van der Waals surface area contributed by atoms with Gasteiger partial charge < -0.3 is 19.2 Å². The van der Waals surface area contributed by atoms with Crippen LogP contribution < -0.4 is 10.9 Å². The van der Waals surface area contributed by atoms with Gasteiger partial charge in [0.25, 0.3) is 11.5 Å². The van der Waals surface area contributed by atoms with E-state index >= 15 is 0 Å². The maximum atomic E-state index is 14.0. The van der Waals surface area contributed by atoms with Crippen molar-refractivity contribution < 1.29 is 18.8 Å². The second kappa shape index (κ2) is 9.67. The maximum Gasteiger partial charge on any atom is 0.255 e. The lowest BCUT2D eigenvalue weighted by Gasteiger charge is -2.43. The SMILES string of the molecule is CC1(C)CC(=O)c2c(C(=O)NC(Cc3ccccc3)C(=O)N3CC4CC(C3)c3cccc(=O)n3C4)coc2C1. The molecule has 3 aromatic rings. The van der Waals surface area contributed by atoms with Gasteiger partial charge in [-0.25, -0.2) is 0 Å².